The van der Waals surface area contributed by atoms with E-state index in [9.17, 15) is 0 Å². The normalized spacial score (nSPS) is 14.5. The predicted octanol–water partition coefficient (Wildman–Crippen LogP) is 1.69. The number of rotatable bonds is 4. The number of methoxy groups -OCH3 is 1. The van der Waals surface area contributed by atoms with Gasteiger partial charge in [-0.05, 0) is 19.3 Å². The molecule has 4 heteroatoms. The van der Waals surface area contributed by atoms with Crippen molar-refractivity contribution in [2.75, 3.05) is 25.6 Å². The van der Waals surface area contributed by atoms with Crippen LogP contribution in [0.25, 0.3) is 0 Å². The fraction of sp³-hybridized carbons (Fsp3) is 0.667. The molecule has 0 unspecified atom stereocenters. The number of hydrogen-bond acceptors (Lipinski definition) is 4. The average molecular weight is 198 g/mol. The first-order valence-electron chi connectivity index (χ1n) is 4.61. The molecular weight excluding hydrogens is 184 g/mol. The Morgan fingerprint density at radius 3 is 3.23 bits per heavy atom. The summed E-state index contributed by atoms with van der Waals surface area (Å²) in [5.41, 5.74) is 1.31. The summed E-state index contributed by atoms with van der Waals surface area (Å²) in [7, 11) is 1.71. The van der Waals surface area contributed by atoms with Gasteiger partial charge in [-0.15, -0.1) is 11.3 Å². The average Bonchev–Trinajstić information content (AvgIpc) is 2.64. The van der Waals surface area contributed by atoms with E-state index in [1.807, 2.05) is 0 Å². The molecule has 1 heterocycles. The van der Waals surface area contributed by atoms with Crippen molar-refractivity contribution in [2.24, 2.45) is 0 Å². The highest BCUT2D eigenvalue weighted by Crippen LogP contribution is 2.30. The van der Waals surface area contributed by atoms with Crippen LogP contribution in [0.1, 0.15) is 17.0 Å². The number of ether oxygens (including phenoxy) is 1. The third-order valence-corrected chi connectivity index (χ3v) is 3.29. The number of hydrogen-bond donors (Lipinski definition) is 1. The molecular formula is C9H14N2OS. The molecule has 1 N–H and O–H groups in total. The van der Waals surface area contributed by atoms with Crippen LogP contribution < -0.4 is 5.32 Å². The largest absolute Gasteiger partial charge is 0.383 e. The highest BCUT2D eigenvalue weighted by molar-refractivity contribution is 7.15. The Kier molecular flexibility index (Phi) is 2.80. The first-order valence-corrected chi connectivity index (χ1v) is 5.43. The number of aryl methyl sites for hydroxylation is 2. The molecule has 0 fully saturated rings. The molecule has 1 aromatic heterocycles. The predicted molar refractivity (Wildman–Crippen MR) is 54.5 cm³/mol. The molecule has 0 aromatic carbocycles. The molecule has 0 atom stereocenters. The summed E-state index contributed by atoms with van der Waals surface area (Å²) >= 11 is 1.79. The number of nitrogens with zero attached hydrogens (tertiary/aromatic N) is 1. The van der Waals surface area contributed by atoms with Gasteiger partial charge in [-0.3, -0.25) is 0 Å². The van der Waals surface area contributed by atoms with Gasteiger partial charge in [0.15, 0.2) is 5.13 Å². The molecule has 0 aliphatic heterocycles. The lowest BCUT2D eigenvalue weighted by atomic mass is 10.4. The molecule has 0 saturated heterocycles. The Morgan fingerprint density at radius 2 is 2.46 bits per heavy atom. The molecule has 72 valence electrons. The van der Waals surface area contributed by atoms with Gasteiger partial charge in [0.05, 0.1) is 12.3 Å². The van der Waals surface area contributed by atoms with Crippen molar-refractivity contribution in [2.45, 2.75) is 19.3 Å². The lowest BCUT2D eigenvalue weighted by molar-refractivity contribution is 0.211. The van der Waals surface area contributed by atoms with Gasteiger partial charge in [0, 0.05) is 18.5 Å². The topological polar surface area (TPSA) is 34.1 Å². The maximum atomic E-state index is 4.96. The van der Waals surface area contributed by atoms with Crippen molar-refractivity contribution in [3.8, 4) is 0 Å². The molecule has 0 spiro atoms. The van der Waals surface area contributed by atoms with Crippen molar-refractivity contribution < 1.29 is 4.74 Å². The minimum absolute atomic E-state index is 0.740. The van der Waals surface area contributed by atoms with E-state index >= 15 is 0 Å². The SMILES string of the molecule is COCCNc1nc2c(s1)CCC2. The van der Waals surface area contributed by atoms with E-state index in [1.165, 1.54) is 23.4 Å². The van der Waals surface area contributed by atoms with Crippen molar-refractivity contribution in [1.82, 2.24) is 4.98 Å². The number of thiazole rings is 1. The van der Waals surface area contributed by atoms with Crippen LogP contribution in [0.2, 0.25) is 0 Å². The van der Waals surface area contributed by atoms with Gasteiger partial charge >= 0.3 is 0 Å². The minimum atomic E-state index is 0.740. The quantitative estimate of drug-likeness (QED) is 0.748. The lowest BCUT2D eigenvalue weighted by Gasteiger charge is -2.00. The van der Waals surface area contributed by atoms with E-state index in [-0.39, 0.29) is 0 Å². The highest BCUT2D eigenvalue weighted by Gasteiger charge is 2.15. The lowest BCUT2D eigenvalue weighted by Crippen LogP contribution is -2.07. The summed E-state index contributed by atoms with van der Waals surface area (Å²) in [6.07, 6.45) is 3.67. The number of fused-ring (bicyclic) bond motifs is 1. The Balaban J connectivity index is 1.91. The Bertz CT molecular complexity index is 264. The molecule has 0 amide bonds. The fourth-order valence-electron chi connectivity index (χ4n) is 1.53. The van der Waals surface area contributed by atoms with E-state index in [0.29, 0.717) is 0 Å². The van der Waals surface area contributed by atoms with Crippen LogP contribution in [-0.4, -0.2) is 25.2 Å². The molecule has 1 aliphatic rings. The van der Waals surface area contributed by atoms with Crippen LogP contribution in [0.5, 0.6) is 0 Å². The van der Waals surface area contributed by atoms with Gasteiger partial charge in [0.25, 0.3) is 0 Å². The number of nitrogens with one attached hydrogen (secondary N) is 1. The third-order valence-electron chi connectivity index (χ3n) is 2.18. The van der Waals surface area contributed by atoms with Crippen LogP contribution in [0, 0.1) is 0 Å². The highest BCUT2D eigenvalue weighted by atomic mass is 32.1. The Morgan fingerprint density at radius 1 is 1.54 bits per heavy atom. The summed E-state index contributed by atoms with van der Waals surface area (Å²) in [6, 6.07) is 0. The first-order chi connectivity index (χ1) is 6.40. The summed E-state index contributed by atoms with van der Waals surface area (Å²) in [6.45, 7) is 1.59. The second-order valence-corrected chi connectivity index (χ2v) is 4.25. The van der Waals surface area contributed by atoms with Crippen molar-refractivity contribution in [1.29, 1.82) is 0 Å². The maximum Gasteiger partial charge on any atom is 0.183 e. The van der Waals surface area contributed by atoms with Gasteiger partial charge in [-0.1, -0.05) is 0 Å². The Hall–Kier alpha value is -0.610. The summed E-state index contributed by atoms with van der Waals surface area (Å²) in [4.78, 5) is 5.99. The zero-order chi connectivity index (χ0) is 9.10. The number of aromatic nitrogens is 1. The molecule has 0 bridgehead atoms. The fourth-order valence-corrected chi connectivity index (χ4v) is 2.60. The molecule has 3 nitrogen and oxygen atoms in total. The van der Waals surface area contributed by atoms with Crippen LogP contribution >= 0.6 is 11.3 Å². The van der Waals surface area contributed by atoms with E-state index in [1.54, 1.807) is 18.4 Å². The molecule has 0 saturated carbocycles. The summed E-state index contributed by atoms with van der Waals surface area (Å²) < 4.78 is 4.96. The summed E-state index contributed by atoms with van der Waals surface area (Å²) in [5.74, 6) is 0. The monoisotopic (exact) mass is 198 g/mol. The van der Waals surface area contributed by atoms with Crippen LogP contribution in [0.15, 0.2) is 0 Å². The zero-order valence-corrected chi connectivity index (χ0v) is 8.62. The smallest absolute Gasteiger partial charge is 0.183 e. The standard InChI is InChI=1S/C9H14N2OS/c1-12-6-5-10-9-11-7-3-2-4-8(7)13-9/h2-6H2,1H3,(H,10,11). The second-order valence-electron chi connectivity index (χ2n) is 3.16. The minimum Gasteiger partial charge on any atom is -0.383 e. The molecule has 1 aliphatic carbocycles. The van der Waals surface area contributed by atoms with Crippen LogP contribution in [-0.2, 0) is 17.6 Å². The van der Waals surface area contributed by atoms with E-state index < -0.39 is 0 Å². The Labute approximate surface area is 82.1 Å². The summed E-state index contributed by atoms with van der Waals surface area (Å²) in [5, 5.41) is 4.31. The van der Waals surface area contributed by atoms with Crippen molar-refractivity contribution >= 4 is 16.5 Å². The maximum absolute atomic E-state index is 4.96. The van der Waals surface area contributed by atoms with Gasteiger partial charge in [-0.25, -0.2) is 4.98 Å². The van der Waals surface area contributed by atoms with Crippen LogP contribution in [0.3, 0.4) is 0 Å². The molecule has 0 radical (unpaired) electrons. The van der Waals surface area contributed by atoms with Crippen molar-refractivity contribution in [3.63, 3.8) is 0 Å². The van der Waals surface area contributed by atoms with Gasteiger partial charge in [0.1, 0.15) is 0 Å². The van der Waals surface area contributed by atoms with E-state index in [0.717, 1.165) is 24.7 Å². The molecule has 2 rings (SSSR count). The zero-order valence-electron chi connectivity index (χ0n) is 7.80. The first kappa shape index (κ1) is 8.97. The van der Waals surface area contributed by atoms with Crippen molar-refractivity contribution in [3.05, 3.63) is 10.6 Å². The molecule has 13 heavy (non-hydrogen) atoms. The van der Waals surface area contributed by atoms with E-state index in [4.69, 9.17) is 4.74 Å². The molecule has 1 aromatic rings. The van der Waals surface area contributed by atoms with Crippen LogP contribution in [0.4, 0.5) is 5.13 Å². The van der Waals surface area contributed by atoms with Gasteiger partial charge in [-0.2, -0.15) is 0 Å². The number of anilines is 1. The van der Waals surface area contributed by atoms with Gasteiger partial charge in [0.2, 0.25) is 0 Å². The van der Waals surface area contributed by atoms with E-state index in [2.05, 4.69) is 10.3 Å². The third kappa shape index (κ3) is 2.00. The second kappa shape index (κ2) is 4.07. The van der Waals surface area contributed by atoms with Gasteiger partial charge < -0.3 is 10.1 Å².